The van der Waals surface area contributed by atoms with Gasteiger partial charge in [-0.2, -0.15) is 16.4 Å². The number of hydrogen-bond donors (Lipinski definition) is 0. The number of hydrogen-bond acceptors (Lipinski definition) is 3. The predicted octanol–water partition coefficient (Wildman–Crippen LogP) is 2.99. The van der Waals surface area contributed by atoms with Gasteiger partial charge in [0.2, 0.25) is 0 Å². The third-order valence-corrected chi connectivity index (χ3v) is 3.43. The highest BCUT2D eigenvalue weighted by Gasteiger charge is 2.14. The van der Waals surface area contributed by atoms with Crippen molar-refractivity contribution in [2.75, 3.05) is 0 Å². The van der Waals surface area contributed by atoms with Crippen LogP contribution in [-0.2, 0) is 7.05 Å². The molecule has 0 aliphatic heterocycles. The summed E-state index contributed by atoms with van der Waals surface area (Å²) in [4.78, 5) is 12.1. The van der Waals surface area contributed by atoms with Crippen LogP contribution in [0.15, 0.2) is 22.9 Å². The first-order chi connectivity index (χ1) is 8.09. The molecule has 0 amide bonds. The topological polar surface area (TPSA) is 34.9 Å². The molecule has 0 radical (unpaired) electrons. The van der Waals surface area contributed by atoms with Gasteiger partial charge < -0.3 is 0 Å². The Balaban J connectivity index is 2.26. The highest BCUT2D eigenvalue weighted by atomic mass is 32.1. The molecule has 0 aromatic carbocycles. The van der Waals surface area contributed by atoms with E-state index in [9.17, 15) is 4.79 Å². The second-order valence-corrected chi connectivity index (χ2v) is 4.70. The van der Waals surface area contributed by atoms with Gasteiger partial charge >= 0.3 is 0 Å². The fourth-order valence-electron chi connectivity index (χ4n) is 1.76. The predicted molar refractivity (Wildman–Crippen MR) is 70.4 cm³/mol. The standard InChI is InChI=1S/C13H14N2OS/c1-9-13(10(2)15(3)14-9)12(16)5-4-11-6-7-17-8-11/h4-8H,1-3H3/b5-4-. The average Bonchev–Trinajstić information content (AvgIpc) is 2.86. The molecule has 0 N–H and O–H groups in total. The van der Waals surface area contributed by atoms with Crippen LogP contribution in [-0.4, -0.2) is 15.6 Å². The third-order valence-electron chi connectivity index (χ3n) is 2.73. The lowest BCUT2D eigenvalue weighted by Gasteiger charge is -1.96. The second kappa shape index (κ2) is 4.67. The Morgan fingerprint density at radius 1 is 1.47 bits per heavy atom. The van der Waals surface area contributed by atoms with Gasteiger partial charge in [0, 0.05) is 12.7 Å². The molecule has 0 spiro atoms. The first-order valence-electron chi connectivity index (χ1n) is 5.34. The van der Waals surface area contributed by atoms with Crippen molar-refractivity contribution in [1.29, 1.82) is 0 Å². The minimum absolute atomic E-state index is 0.0132. The van der Waals surface area contributed by atoms with Crippen LogP contribution >= 0.6 is 11.3 Å². The Kier molecular flexibility index (Phi) is 3.24. The number of carbonyl (C=O) groups is 1. The number of aryl methyl sites for hydroxylation is 2. The monoisotopic (exact) mass is 246 g/mol. The van der Waals surface area contributed by atoms with Crippen LogP contribution in [0.2, 0.25) is 0 Å². The maximum atomic E-state index is 12.1. The summed E-state index contributed by atoms with van der Waals surface area (Å²) in [6.07, 6.45) is 3.45. The van der Waals surface area contributed by atoms with Crippen LogP contribution < -0.4 is 0 Å². The molecule has 4 heteroatoms. The smallest absolute Gasteiger partial charge is 0.189 e. The Hall–Kier alpha value is -1.68. The van der Waals surface area contributed by atoms with E-state index in [1.165, 1.54) is 0 Å². The minimum Gasteiger partial charge on any atom is -0.289 e. The van der Waals surface area contributed by atoms with E-state index in [1.54, 1.807) is 22.1 Å². The van der Waals surface area contributed by atoms with E-state index in [-0.39, 0.29) is 5.78 Å². The Morgan fingerprint density at radius 3 is 2.76 bits per heavy atom. The molecule has 0 saturated heterocycles. The molecule has 0 aliphatic carbocycles. The third kappa shape index (κ3) is 2.36. The summed E-state index contributed by atoms with van der Waals surface area (Å²) in [7, 11) is 1.85. The van der Waals surface area contributed by atoms with Crippen molar-refractivity contribution in [3.05, 3.63) is 45.4 Å². The summed E-state index contributed by atoms with van der Waals surface area (Å²) < 4.78 is 1.74. The molecule has 0 bridgehead atoms. The Bertz CT molecular complexity index is 565. The molecule has 0 unspecified atom stereocenters. The van der Waals surface area contributed by atoms with Crippen molar-refractivity contribution >= 4 is 23.2 Å². The van der Waals surface area contributed by atoms with Crippen molar-refractivity contribution < 1.29 is 4.79 Å². The molecule has 0 saturated carbocycles. The van der Waals surface area contributed by atoms with Crippen molar-refractivity contribution in [2.45, 2.75) is 13.8 Å². The Morgan fingerprint density at radius 2 is 2.24 bits per heavy atom. The maximum absolute atomic E-state index is 12.1. The lowest BCUT2D eigenvalue weighted by molar-refractivity contribution is 0.104. The van der Waals surface area contributed by atoms with Crippen LogP contribution in [0.1, 0.15) is 27.3 Å². The van der Waals surface area contributed by atoms with E-state index < -0.39 is 0 Å². The van der Waals surface area contributed by atoms with Crippen LogP contribution in [0.3, 0.4) is 0 Å². The molecule has 17 heavy (non-hydrogen) atoms. The molecule has 2 aromatic heterocycles. The largest absolute Gasteiger partial charge is 0.289 e. The van der Waals surface area contributed by atoms with Crippen LogP contribution in [0.4, 0.5) is 0 Å². The summed E-state index contributed by atoms with van der Waals surface area (Å²) in [5.41, 5.74) is 3.45. The second-order valence-electron chi connectivity index (χ2n) is 3.92. The molecule has 0 fully saturated rings. The average molecular weight is 246 g/mol. The van der Waals surface area contributed by atoms with Crippen molar-refractivity contribution in [3.8, 4) is 0 Å². The van der Waals surface area contributed by atoms with Crippen LogP contribution in [0.25, 0.3) is 6.08 Å². The fraction of sp³-hybridized carbons (Fsp3) is 0.231. The molecule has 3 nitrogen and oxygen atoms in total. The van der Waals surface area contributed by atoms with Gasteiger partial charge in [-0.25, -0.2) is 0 Å². The van der Waals surface area contributed by atoms with Crippen LogP contribution in [0.5, 0.6) is 0 Å². The molecule has 88 valence electrons. The van der Waals surface area contributed by atoms with Crippen molar-refractivity contribution in [3.63, 3.8) is 0 Å². The number of carbonyl (C=O) groups excluding carboxylic acids is 1. The van der Waals surface area contributed by atoms with E-state index in [0.717, 1.165) is 17.0 Å². The molecule has 2 rings (SSSR count). The number of ketones is 1. The summed E-state index contributed by atoms with van der Waals surface area (Å²) in [6.45, 7) is 3.77. The molecule has 0 aliphatic rings. The van der Waals surface area contributed by atoms with E-state index in [0.29, 0.717) is 5.56 Å². The SMILES string of the molecule is Cc1nn(C)c(C)c1C(=O)/C=C\c1ccsc1. The van der Waals surface area contributed by atoms with Gasteiger partial charge in [-0.15, -0.1) is 0 Å². The number of nitrogens with zero attached hydrogens (tertiary/aromatic N) is 2. The number of thiophene rings is 1. The zero-order valence-corrected chi connectivity index (χ0v) is 10.9. The van der Waals surface area contributed by atoms with Crippen molar-refractivity contribution in [2.24, 2.45) is 7.05 Å². The van der Waals surface area contributed by atoms with E-state index in [4.69, 9.17) is 0 Å². The van der Waals surface area contributed by atoms with Gasteiger partial charge in [-0.05, 0) is 42.3 Å². The molecule has 2 heterocycles. The number of rotatable bonds is 3. The number of aromatic nitrogens is 2. The normalized spacial score (nSPS) is 11.2. The van der Waals surface area contributed by atoms with Gasteiger partial charge in [0.25, 0.3) is 0 Å². The van der Waals surface area contributed by atoms with Gasteiger partial charge in [0.15, 0.2) is 5.78 Å². The quantitative estimate of drug-likeness (QED) is 0.616. The van der Waals surface area contributed by atoms with Gasteiger partial charge in [0.05, 0.1) is 11.3 Å². The highest BCUT2D eigenvalue weighted by molar-refractivity contribution is 7.08. The molecular formula is C13H14N2OS. The molecule has 0 atom stereocenters. The lowest BCUT2D eigenvalue weighted by Crippen LogP contribution is -1.99. The minimum atomic E-state index is 0.0132. The highest BCUT2D eigenvalue weighted by Crippen LogP contribution is 2.14. The summed E-state index contributed by atoms with van der Waals surface area (Å²) >= 11 is 1.62. The maximum Gasteiger partial charge on any atom is 0.189 e. The fourth-order valence-corrected chi connectivity index (χ4v) is 2.38. The van der Waals surface area contributed by atoms with Crippen LogP contribution in [0, 0.1) is 13.8 Å². The van der Waals surface area contributed by atoms with Gasteiger partial charge in [0.1, 0.15) is 0 Å². The Labute approximate surface area is 104 Å². The van der Waals surface area contributed by atoms with Crippen molar-refractivity contribution in [1.82, 2.24) is 9.78 Å². The summed E-state index contributed by atoms with van der Waals surface area (Å²) in [5, 5.41) is 8.24. The first kappa shape index (κ1) is 11.8. The lowest BCUT2D eigenvalue weighted by atomic mass is 10.1. The summed E-state index contributed by atoms with van der Waals surface area (Å²) in [5.74, 6) is 0.0132. The van der Waals surface area contributed by atoms with E-state index in [1.807, 2.05) is 43.8 Å². The number of allylic oxidation sites excluding steroid dienone is 1. The zero-order valence-electron chi connectivity index (χ0n) is 10.1. The van der Waals surface area contributed by atoms with Gasteiger partial charge in [-0.1, -0.05) is 6.08 Å². The van der Waals surface area contributed by atoms with E-state index >= 15 is 0 Å². The van der Waals surface area contributed by atoms with Gasteiger partial charge in [-0.3, -0.25) is 9.48 Å². The first-order valence-corrected chi connectivity index (χ1v) is 6.28. The van der Waals surface area contributed by atoms with E-state index in [2.05, 4.69) is 5.10 Å². The molecule has 2 aromatic rings. The molecular weight excluding hydrogens is 232 g/mol. The zero-order chi connectivity index (χ0) is 12.4. The summed E-state index contributed by atoms with van der Waals surface area (Å²) in [6, 6.07) is 1.98.